The molecule has 0 heterocycles. The van der Waals surface area contributed by atoms with Crippen molar-refractivity contribution in [2.45, 2.75) is 17.7 Å². The average molecular weight is 277 g/mol. The molecular formula is C11H13F2NO3S. The first kappa shape index (κ1) is 13.4. The van der Waals surface area contributed by atoms with Crippen LogP contribution in [0.5, 0.6) is 0 Å². The molecule has 1 fully saturated rings. The van der Waals surface area contributed by atoms with Crippen molar-refractivity contribution in [3.63, 3.8) is 0 Å². The summed E-state index contributed by atoms with van der Waals surface area (Å²) in [5, 5.41) is 9.05. The van der Waals surface area contributed by atoms with Gasteiger partial charge in [-0.25, -0.2) is 21.9 Å². The molecule has 1 aromatic carbocycles. The number of nitrogens with one attached hydrogen (secondary N) is 1. The van der Waals surface area contributed by atoms with Crippen molar-refractivity contribution in [1.82, 2.24) is 4.72 Å². The largest absolute Gasteiger partial charge is 0.396 e. The topological polar surface area (TPSA) is 66.4 Å². The predicted molar refractivity (Wildman–Crippen MR) is 60.3 cm³/mol. The van der Waals surface area contributed by atoms with Gasteiger partial charge in [-0.3, -0.25) is 0 Å². The molecule has 1 aliphatic carbocycles. The number of halogens is 2. The number of sulfonamides is 1. The van der Waals surface area contributed by atoms with Crippen molar-refractivity contribution in [2.24, 2.45) is 5.41 Å². The Labute approximate surface area is 104 Å². The highest BCUT2D eigenvalue weighted by Crippen LogP contribution is 2.44. The van der Waals surface area contributed by atoms with Gasteiger partial charge in [0.1, 0.15) is 4.90 Å². The van der Waals surface area contributed by atoms with Gasteiger partial charge in [-0.1, -0.05) is 6.07 Å². The molecule has 0 spiro atoms. The van der Waals surface area contributed by atoms with E-state index in [2.05, 4.69) is 4.72 Å². The molecule has 0 atom stereocenters. The van der Waals surface area contributed by atoms with Crippen molar-refractivity contribution >= 4 is 10.0 Å². The zero-order chi connectivity index (χ0) is 13.4. The first-order chi connectivity index (χ1) is 8.40. The Balaban J connectivity index is 2.18. The van der Waals surface area contributed by atoms with E-state index in [9.17, 15) is 17.2 Å². The Hall–Kier alpha value is -1.05. The third-order valence-corrected chi connectivity index (χ3v) is 4.55. The molecule has 0 aromatic heterocycles. The SMILES string of the molecule is O=S(=O)(NCC1(CO)CC1)c1cccc(F)c1F. The molecule has 2 N–H and O–H groups in total. The summed E-state index contributed by atoms with van der Waals surface area (Å²) in [6.07, 6.45) is 1.44. The molecule has 7 heteroatoms. The number of hydrogen-bond donors (Lipinski definition) is 2. The minimum absolute atomic E-state index is 0.0296. The quantitative estimate of drug-likeness (QED) is 0.844. The van der Waals surface area contributed by atoms with E-state index in [1.807, 2.05) is 0 Å². The zero-order valence-electron chi connectivity index (χ0n) is 9.49. The Bertz CT molecular complexity index is 555. The summed E-state index contributed by atoms with van der Waals surface area (Å²) >= 11 is 0. The summed E-state index contributed by atoms with van der Waals surface area (Å²) < 4.78 is 52.1. The van der Waals surface area contributed by atoms with Crippen LogP contribution in [0.15, 0.2) is 23.1 Å². The van der Waals surface area contributed by atoms with Crippen molar-refractivity contribution in [3.05, 3.63) is 29.8 Å². The van der Waals surface area contributed by atoms with Crippen LogP contribution in [-0.2, 0) is 10.0 Å². The third-order valence-electron chi connectivity index (χ3n) is 3.14. The van der Waals surface area contributed by atoms with E-state index in [1.54, 1.807) is 0 Å². The Morgan fingerprint density at radius 1 is 1.33 bits per heavy atom. The lowest BCUT2D eigenvalue weighted by Crippen LogP contribution is -2.32. The molecule has 1 aromatic rings. The second-order valence-electron chi connectivity index (χ2n) is 4.53. The summed E-state index contributed by atoms with van der Waals surface area (Å²) in [4.78, 5) is -0.712. The average Bonchev–Trinajstić information content (AvgIpc) is 3.11. The van der Waals surface area contributed by atoms with Crippen molar-refractivity contribution in [3.8, 4) is 0 Å². The third kappa shape index (κ3) is 2.52. The zero-order valence-corrected chi connectivity index (χ0v) is 10.3. The van der Waals surface area contributed by atoms with Crippen LogP contribution >= 0.6 is 0 Å². The number of rotatable bonds is 5. The standard InChI is InChI=1S/C11H13F2NO3S/c12-8-2-1-3-9(10(8)13)18(16,17)14-6-11(7-15)4-5-11/h1-3,14-15H,4-7H2. The fourth-order valence-electron chi connectivity index (χ4n) is 1.58. The van der Waals surface area contributed by atoms with Gasteiger partial charge >= 0.3 is 0 Å². The van der Waals surface area contributed by atoms with Crippen LogP contribution in [0.4, 0.5) is 8.78 Å². The van der Waals surface area contributed by atoms with E-state index in [4.69, 9.17) is 5.11 Å². The van der Waals surface area contributed by atoms with Gasteiger partial charge in [-0.2, -0.15) is 0 Å². The Morgan fingerprint density at radius 3 is 2.56 bits per heavy atom. The fraction of sp³-hybridized carbons (Fsp3) is 0.455. The predicted octanol–water partition coefficient (Wildman–Crippen LogP) is 1.02. The lowest BCUT2D eigenvalue weighted by molar-refractivity contribution is 0.213. The van der Waals surface area contributed by atoms with Gasteiger partial charge in [-0.05, 0) is 25.0 Å². The van der Waals surface area contributed by atoms with Crippen LogP contribution in [0.3, 0.4) is 0 Å². The minimum atomic E-state index is -4.09. The van der Waals surface area contributed by atoms with E-state index in [1.165, 1.54) is 0 Å². The van der Waals surface area contributed by atoms with Gasteiger partial charge in [0.15, 0.2) is 11.6 Å². The summed E-state index contributed by atoms with van der Waals surface area (Å²) in [6, 6.07) is 2.98. The highest BCUT2D eigenvalue weighted by Gasteiger charge is 2.42. The second-order valence-corrected chi connectivity index (χ2v) is 6.27. The molecule has 18 heavy (non-hydrogen) atoms. The summed E-state index contributed by atoms with van der Waals surface area (Å²) in [5.41, 5.74) is -0.434. The minimum Gasteiger partial charge on any atom is -0.396 e. The Kier molecular flexibility index (Phi) is 3.39. The summed E-state index contributed by atoms with van der Waals surface area (Å²) in [6.45, 7) is -0.0943. The smallest absolute Gasteiger partial charge is 0.243 e. The van der Waals surface area contributed by atoms with Crippen molar-refractivity contribution in [2.75, 3.05) is 13.2 Å². The molecule has 0 aliphatic heterocycles. The summed E-state index contributed by atoms with van der Waals surface area (Å²) in [7, 11) is -4.09. The second kappa shape index (κ2) is 4.56. The number of aliphatic hydroxyl groups excluding tert-OH is 1. The van der Waals surface area contributed by atoms with Gasteiger partial charge in [-0.15, -0.1) is 0 Å². The van der Waals surface area contributed by atoms with Gasteiger partial charge in [0, 0.05) is 18.6 Å². The molecule has 0 unspecified atom stereocenters. The maximum Gasteiger partial charge on any atom is 0.243 e. The number of hydrogen-bond acceptors (Lipinski definition) is 3. The van der Waals surface area contributed by atoms with Crippen LogP contribution in [0, 0.1) is 17.0 Å². The lowest BCUT2D eigenvalue weighted by atomic mass is 10.1. The Morgan fingerprint density at radius 2 is 2.00 bits per heavy atom. The molecule has 0 amide bonds. The molecular weight excluding hydrogens is 264 g/mol. The van der Waals surface area contributed by atoms with Crippen LogP contribution in [0.1, 0.15) is 12.8 Å². The molecule has 0 bridgehead atoms. The van der Waals surface area contributed by atoms with Gasteiger partial charge < -0.3 is 5.11 Å². The highest BCUT2D eigenvalue weighted by atomic mass is 32.2. The lowest BCUT2D eigenvalue weighted by Gasteiger charge is -2.13. The van der Waals surface area contributed by atoms with E-state index in [0.29, 0.717) is 0 Å². The van der Waals surface area contributed by atoms with E-state index >= 15 is 0 Å². The highest BCUT2D eigenvalue weighted by molar-refractivity contribution is 7.89. The molecule has 0 saturated heterocycles. The molecule has 0 radical (unpaired) electrons. The van der Waals surface area contributed by atoms with Gasteiger partial charge in [0.2, 0.25) is 10.0 Å². The van der Waals surface area contributed by atoms with E-state index in [-0.39, 0.29) is 13.2 Å². The molecule has 1 aliphatic rings. The normalized spacial score (nSPS) is 17.7. The number of benzene rings is 1. The first-order valence-corrected chi connectivity index (χ1v) is 6.93. The van der Waals surface area contributed by atoms with Crippen LogP contribution in [0.25, 0.3) is 0 Å². The number of aliphatic hydroxyl groups is 1. The molecule has 4 nitrogen and oxygen atoms in total. The van der Waals surface area contributed by atoms with Crippen LogP contribution in [0.2, 0.25) is 0 Å². The van der Waals surface area contributed by atoms with Crippen LogP contribution in [-0.4, -0.2) is 26.7 Å². The van der Waals surface area contributed by atoms with E-state index < -0.39 is 32.0 Å². The van der Waals surface area contributed by atoms with Gasteiger partial charge in [0.25, 0.3) is 0 Å². The van der Waals surface area contributed by atoms with Gasteiger partial charge in [0.05, 0.1) is 0 Å². The maximum absolute atomic E-state index is 13.4. The van der Waals surface area contributed by atoms with Crippen molar-refractivity contribution < 1.29 is 22.3 Å². The monoisotopic (exact) mass is 277 g/mol. The molecule has 2 rings (SSSR count). The van der Waals surface area contributed by atoms with Crippen molar-refractivity contribution in [1.29, 1.82) is 0 Å². The fourth-order valence-corrected chi connectivity index (χ4v) is 2.83. The van der Waals surface area contributed by atoms with Crippen LogP contribution < -0.4 is 4.72 Å². The molecule has 1 saturated carbocycles. The molecule has 100 valence electrons. The summed E-state index contributed by atoms with van der Waals surface area (Å²) in [5.74, 6) is -2.60. The van der Waals surface area contributed by atoms with E-state index in [0.717, 1.165) is 31.0 Å². The first-order valence-electron chi connectivity index (χ1n) is 5.45. The maximum atomic E-state index is 13.4.